The summed E-state index contributed by atoms with van der Waals surface area (Å²) in [5.74, 6) is -0.312. The molecule has 0 atom stereocenters. The van der Waals surface area contributed by atoms with Gasteiger partial charge in [-0.3, -0.25) is 0 Å². The molecule has 108 valence electrons. The molecule has 1 N–H and O–H groups in total. The molecule has 0 spiro atoms. The fourth-order valence-electron chi connectivity index (χ4n) is 1.88. The van der Waals surface area contributed by atoms with E-state index in [0.29, 0.717) is 12.1 Å². The maximum Gasteiger partial charge on any atom is 0.339 e. The number of esters is 1. The SMILES string of the molecule is CCc1nnc(NCc2cc(C(=O)OC)c(C)n2C)s1. The molecule has 0 aliphatic rings. The Hall–Kier alpha value is -1.89. The lowest BCUT2D eigenvalue weighted by molar-refractivity contribution is 0.0600. The van der Waals surface area contributed by atoms with E-state index in [-0.39, 0.29) is 5.97 Å². The molecule has 2 rings (SSSR count). The van der Waals surface area contributed by atoms with Crippen molar-refractivity contribution in [2.24, 2.45) is 7.05 Å². The Labute approximate surface area is 121 Å². The van der Waals surface area contributed by atoms with Gasteiger partial charge in [-0.1, -0.05) is 18.3 Å². The summed E-state index contributed by atoms with van der Waals surface area (Å²) in [6.45, 7) is 4.54. The quantitative estimate of drug-likeness (QED) is 0.856. The Morgan fingerprint density at radius 2 is 2.25 bits per heavy atom. The van der Waals surface area contributed by atoms with Crippen LogP contribution >= 0.6 is 11.3 Å². The van der Waals surface area contributed by atoms with Gasteiger partial charge in [-0.05, 0) is 19.4 Å². The molecule has 2 aromatic heterocycles. The maximum atomic E-state index is 11.6. The van der Waals surface area contributed by atoms with Gasteiger partial charge in [-0.15, -0.1) is 10.2 Å². The number of carbonyl (C=O) groups is 1. The Kier molecular flexibility index (Phi) is 4.39. The molecule has 2 heterocycles. The number of hydrogen-bond donors (Lipinski definition) is 1. The number of methoxy groups -OCH3 is 1. The second-order valence-corrected chi connectivity index (χ2v) is 5.46. The van der Waals surface area contributed by atoms with Crippen LogP contribution in [0.5, 0.6) is 0 Å². The van der Waals surface area contributed by atoms with Crippen LogP contribution in [-0.4, -0.2) is 27.8 Å². The Balaban J connectivity index is 2.11. The van der Waals surface area contributed by atoms with Crippen molar-refractivity contribution in [1.82, 2.24) is 14.8 Å². The topological polar surface area (TPSA) is 69.0 Å². The molecule has 7 heteroatoms. The molecule has 0 fully saturated rings. The van der Waals surface area contributed by atoms with Crippen molar-refractivity contribution in [2.45, 2.75) is 26.8 Å². The van der Waals surface area contributed by atoms with Crippen LogP contribution in [0.1, 0.15) is 33.7 Å². The van der Waals surface area contributed by atoms with Crippen LogP contribution in [0.4, 0.5) is 5.13 Å². The van der Waals surface area contributed by atoms with E-state index in [1.54, 1.807) is 11.3 Å². The van der Waals surface area contributed by atoms with Crippen LogP contribution in [-0.2, 0) is 24.8 Å². The fourth-order valence-corrected chi connectivity index (χ4v) is 2.56. The summed E-state index contributed by atoms with van der Waals surface area (Å²) in [5, 5.41) is 13.2. The van der Waals surface area contributed by atoms with Gasteiger partial charge in [-0.25, -0.2) is 4.79 Å². The molecular weight excluding hydrogens is 276 g/mol. The van der Waals surface area contributed by atoms with Gasteiger partial charge in [0.2, 0.25) is 5.13 Å². The minimum absolute atomic E-state index is 0.312. The van der Waals surface area contributed by atoms with Gasteiger partial charge in [0.15, 0.2) is 0 Å². The summed E-state index contributed by atoms with van der Waals surface area (Å²) >= 11 is 1.55. The average Bonchev–Trinajstić information content (AvgIpc) is 3.03. The number of aromatic nitrogens is 3. The van der Waals surface area contributed by atoms with E-state index in [0.717, 1.165) is 27.9 Å². The van der Waals surface area contributed by atoms with Crippen molar-refractivity contribution >= 4 is 22.4 Å². The number of carbonyl (C=O) groups excluding carboxylic acids is 1. The second-order valence-electron chi connectivity index (χ2n) is 4.39. The minimum atomic E-state index is -0.312. The molecule has 0 aliphatic heterocycles. The predicted octanol–water partition coefficient (Wildman–Crippen LogP) is 2.15. The summed E-state index contributed by atoms with van der Waals surface area (Å²) in [6, 6.07) is 1.84. The van der Waals surface area contributed by atoms with E-state index in [9.17, 15) is 4.79 Å². The molecule has 0 saturated carbocycles. The van der Waals surface area contributed by atoms with Gasteiger partial charge < -0.3 is 14.6 Å². The Morgan fingerprint density at radius 1 is 1.50 bits per heavy atom. The van der Waals surface area contributed by atoms with Gasteiger partial charge in [0, 0.05) is 18.4 Å². The molecule has 2 aromatic rings. The minimum Gasteiger partial charge on any atom is -0.465 e. The number of nitrogens with zero attached hydrogens (tertiary/aromatic N) is 3. The zero-order valence-corrected chi connectivity index (χ0v) is 12.9. The maximum absolute atomic E-state index is 11.6. The molecule has 0 bridgehead atoms. The van der Waals surface area contributed by atoms with Crippen LogP contribution in [0.3, 0.4) is 0 Å². The highest BCUT2D eigenvalue weighted by atomic mass is 32.1. The largest absolute Gasteiger partial charge is 0.465 e. The normalized spacial score (nSPS) is 10.6. The van der Waals surface area contributed by atoms with Crippen LogP contribution in [0.25, 0.3) is 0 Å². The number of aryl methyl sites for hydroxylation is 1. The summed E-state index contributed by atoms with van der Waals surface area (Å²) < 4.78 is 6.75. The van der Waals surface area contributed by atoms with Crippen LogP contribution in [0.15, 0.2) is 6.07 Å². The number of nitrogens with one attached hydrogen (secondary N) is 1. The first-order chi connectivity index (χ1) is 9.56. The smallest absolute Gasteiger partial charge is 0.339 e. The van der Waals surface area contributed by atoms with Crippen molar-refractivity contribution < 1.29 is 9.53 Å². The summed E-state index contributed by atoms with van der Waals surface area (Å²) in [4.78, 5) is 11.6. The van der Waals surface area contributed by atoms with Crippen molar-refractivity contribution in [1.29, 1.82) is 0 Å². The van der Waals surface area contributed by atoms with E-state index in [2.05, 4.69) is 15.5 Å². The third-order valence-corrected chi connectivity index (χ3v) is 4.26. The highest BCUT2D eigenvalue weighted by molar-refractivity contribution is 7.15. The predicted molar refractivity (Wildman–Crippen MR) is 78.1 cm³/mol. The monoisotopic (exact) mass is 294 g/mol. The van der Waals surface area contributed by atoms with E-state index in [1.807, 2.05) is 31.5 Å². The molecule has 0 unspecified atom stereocenters. The third kappa shape index (κ3) is 2.82. The third-order valence-electron chi connectivity index (χ3n) is 3.23. The zero-order chi connectivity index (χ0) is 14.7. The standard InChI is InChI=1S/C13H18N4O2S/c1-5-11-15-16-13(20-11)14-7-9-6-10(12(18)19-4)8(2)17(9)3/h6H,5,7H2,1-4H3,(H,14,16). The molecule has 0 aliphatic carbocycles. The molecule has 0 radical (unpaired) electrons. The zero-order valence-electron chi connectivity index (χ0n) is 12.1. The lowest BCUT2D eigenvalue weighted by Crippen LogP contribution is -2.05. The second kappa shape index (κ2) is 6.04. The molecule has 6 nitrogen and oxygen atoms in total. The lowest BCUT2D eigenvalue weighted by Gasteiger charge is -2.05. The Morgan fingerprint density at radius 3 is 2.85 bits per heavy atom. The first-order valence-corrected chi connectivity index (χ1v) is 7.18. The van der Waals surface area contributed by atoms with Crippen molar-refractivity contribution in [3.8, 4) is 0 Å². The van der Waals surface area contributed by atoms with E-state index in [4.69, 9.17) is 4.74 Å². The fraction of sp³-hybridized carbons (Fsp3) is 0.462. The number of ether oxygens (including phenoxy) is 1. The summed E-state index contributed by atoms with van der Waals surface area (Å²) in [6.07, 6.45) is 0.884. The summed E-state index contributed by atoms with van der Waals surface area (Å²) in [5.41, 5.74) is 2.48. The highest BCUT2D eigenvalue weighted by Crippen LogP contribution is 2.19. The van der Waals surface area contributed by atoms with Crippen LogP contribution in [0.2, 0.25) is 0 Å². The lowest BCUT2D eigenvalue weighted by atomic mass is 10.2. The number of anilines is 1. The first kappa shape index (κ1) is 14.5. The summed E-state index contributed by atoms with van der Waals surface area (Å²) in [7, 11) is 3.32. The average molecular weight is 294 g/mol. The van der Waals surface area contributed by atoms with Crippen LogP contribution in [0, 0.1) is 6.92 Å². The van der Waals surface area contributed by atoms with E-state index >= 15 is 0 Å². The van der Waals surface area contributed by atoms with E-state index in [1.165, 1.54) is 7.11 Å². The molecule has 20 heavy (non-hydrogen) atoms. The number of rotatable bonds is 5. The molecular formula is C13H18N4O2S. The van der Waals surface area contributed by atoms with Crippen molar-refractivity contribution in [3.05, 3.63) is 28.0 Å². The van der Waals surface area contributed by atoms with Crippen molar-refractivity contribution in [3.63, 3.8) is 0 Å². The van der Waals surface area contributed by atoms with E-state index < -0.39 is 0 Å². The Bertz CT molecular complexity index is 618. The molecule has 0 amide bonds. The van der Waals surface area contributed by atoms with Gasteiger partial charge in [0.1, 0.15) is 5.01 Å². The molecule has 0 aromatic carbocycles. The number of hydrogen-bond acceptors (Lipinski definition) is 6. The van der Waals surface area contributed by atoms with Gasteiger partial charge >= 0.3 is 5.97 Å². The first-order valence-electron chi connectivity index (χ1n) is 6.36. The van der Waals surface area contributed by atoms with Gasteiger partial charge in [-0.2, -0.15) is 0 Å². The van der Waals surface area contributed by atoms with Gasteiger partial charge in [0.05, 0.1) is 19.2 Å². The highest BCUT2D eigenvalue weighted by Gasteiger charge is 2.16. The van der Waals surface area contributed by atoms with Gasteiger partial charge in [0.25, 0.3) is 0 Å². The van der Waals surface area contributed by atoms with Crippen molar-refractivity contribution in [2.75, 3.05) is 12.4 Å². The molecule has 0 saturated heterocycles. The van der Waals surface area contributed by atoms with Crippen LogP contribution < -0.4 is 5.32 Å².